The van der Waals surface area contributed by atoms with Gasteiger partial charge in [0.1, 0.15) is 17.6 Å². The third-order valence-electron chi connectivity index (χ3n) is 3.96. The van der Waals surface area contributed by atoms with Crippen molar-refractivity contribution in [3.63, 3.8) is 0 Å². The Bertz CT molecular complexity index is 874. The maximum Gasteiger partial charge on any atom is 0.253 e. The van der Waals surface area contributed by atoms with Gasteiger partial charge in [-0.3, -0.25) is 4.79 Å². The van der Waals surface area contributed by atoms with Crippen LogP contribution in [0, 0.1) is 0 Å². The number of methoxy groups -OCH3 is 1. The molecule has 0 aliphatic heterocycles. The van der Waals surface area contributed by atoms with Crippen LogP contribution in [0.5, 0.6) is 5.75 Å². The fourth-order valence-corrected chi connectivity index (χ4v) is 3.07. The minimum atomic E-state index is -0.370. The second kappa shape index (κ2) is 7.53. The van der Waals surface area contributed by atoms with Crippen LogP contribution in [0.15, 0.2) is 65.4 Å². The number of carbonyl (C=O) groups is 1. The second-order valence-corrected chi connectivity index (χ2v) is 6.41. The molecular weight excluding hydrogens is 382 g/mol. The van der Waals surface area contributed by atoms with E-state index >= 15 is 0 Å². The van der Waals surface area contributed by atoms with E-state index in [4.69, 9.17) is 4.74 Å². The third-order valence-corrected chi connectivity index (χ3v) is 4.65. The highest BCUT2D eigenvalue weighted by Crippen LogP contribution is 2.24. The van der Waals surface area contributed by atoms with Gasteiger partial charge in [0.25, 0.3) is 5.91 Å². The van der Waals surface area contributed by atoms with Gasteiger partial charge < -0.3 is 14.6 Å². The van der Waals surface area contributed by atoms with E-state index in [0.717, 1.165) is 21.6 Å². The number of carbonyl (C=O) groups excluding carboxylic acids is 1. The molecule has 128 valence electrons. The standard InChI is InChI=1S/C19H18BrN3O2/c1-23-12-11-21-18(23)17(13-7-9-14(25-2)10-8-13)22-19(24)15-5-3-4-6-16(15)20/h3-12,17H,1-2H3,(H,22,24). The molecule has 6 heteroatoms. The number of hydrogen-bond acceptors (Lipinski definition) is 3. The van der Waals surface area contributed by atoms with Crippen molar-refractivity contribution in [3.05, 3.63) is 82.3 Å². The molecule has 5 nitrogen and oxygen atoms in total. The summed E-state index contributed by atoms with van der Waals surface area (Å²) in [7, 11) is 3.53. The first-order chi connectivity index (χ1) is 12.1. The summed E-state index contributed by atoms with van der Waals surface area (Å²) in [6, 6.07) is 14.6. The van der Waals surface area contributed by atoms with Gasteiger partial charge in [-0.2, -0.15) is 0 Å². The number of ether oxygens (including phenoxy) is 1. The van der Waals surface area contributed by atoms with Crippen molar-refractivity contribution in [1.82, 2.24) is 14.9 Å². The Labute approximate surface area is 154 Å². The molecule has 0 saturated heterocycles. The van der Waals surface area contributed by atoms with Crippen LogP contribution in [0.1, 0.15) is 27.8 Å². The largest absolute Gasteiger partial charge is 0.497 e. The Morgan fingerprint density at radius 2 is 1.92 bits per heavy atom. The lowest BCUT2D eigenvalue weighted by atomic mass is 10.0. The molecule has 0 bridgehead atoms. The molecule has 1 aromatic heterocycles. The molecule has 0 aliphatic rings. The van der Waals surface area contributed by atoms with Crippen LogP contribution in [0.2, 0.25) is 0 Å². The van der Waals surface area contributed by atoms with Crippen LogP contribution in [0.25, 0.3) is 0 Å². The number of rotatable bonds is 5. The van der Waals surface area contributed by atoms with Crippen LogP contribution in [-0.4, -0.2) is 22.6 Å². The Kier molecular flexibility index (Phi) is 5.19. The zero-order valence-corrected chi connectivity index (χ0v) is 15.5. The molecule has 1 atom stereocenters. The molecule has 1 amide bonds. The third kappa shape index (κ3) is 3.74. The zero-order valence-electron chi connectivity index (χ0n) is 13.9. The molecule has 0 aliphatic carbocycles. The lowest BCUT2D eigenvalue weighted by molar-refractivity contribution is 0.0940. The van der Waals surface area contributed by atoms with E-state index in [-0.39, 0.29) is 11.9 Å². The molecule has 3 aromatic rings. The van der Waals surface area contributed by atoms with Gasteiger partial charge in [-0.25, -0.2) is 4.98 Å². The summed E-state index contributed by atoms with van der Waals surface area (Å²) in [5, 5.41) is 3.08. The highest BCUT2D eigenvalue weighted by molar-refractivity contribution is 9.10. The predicted octanol–water partition coefficient (Wildman–Crippen LogP) is 3.71. The lowest BCUT2D eigenvalue weighted by Crippen LogP contribution is -2.31. The zero-order chi connectivity index (χ0) is 17.8. The van der Waals surface area contributed by atoms with Crippen molar-refractivity contribution in [2.75, 3.05) is 7.11 Å². The molecule has 2 aromatic carbocycles. The van der Waals surface area contributed by atoms with E-state index in [2.05, 4.69) is 26.2 Å². The summed E-state index contributed by atoms with van der Waals surface area (Å²) in [6.45, 7) is 0. The number of halogens is 1. The van der Waals surface area contributed by atoms with Crippen LogP contribution in [-0.2, 0) is 7.05 Å². The molecule has 0 spiro atoms. The topological polar surface area (TPSA) is 56.1 Å². The summed E-state index contributed by atoms with van der Waals surface area (Å²) in [4.78, 5) is 17.2. The van der Waals surface area contributed by atoms with E-state index in [1.807, 2.05) is 60.3 Å². The smallest absolute Gasteiger partial charge is 0.253 e. The summed E-state index contributed by atoms with van der Waals surface area (Å²) in [5.74, 6) is 1.35. The van der Waals surface area contributed by atoms with Crippen LogP contribution < -0.4 is 10.1 Å². The van der Waals surface area contributed by atoms with Crippen molar-refractivity contribution in [2.24, 2.45) is 7.05 Å². The number of nitrogens with zero attached hydrogens (tertiary/aromatic N) is 2. The first-order valence-corrected chi connectivity index (χ1v) is 8.56. The minimum absolute atomic E-state index is 0.170. The Morgan fingerprint density at radius 1 is 1.20 bits per heavy atom. The van der Waals surface area contributed by atoms with Crippen LogP contribution in [0.4, 0.5) is 0 Å². The molecule has 1 unspecified atom stereocenters. The second-order valence-electron chi connectivity index (χ2n) is 5.56. The molecule has 0 saturated carbocycles. The van der Waals surface area contributed by atoms with Crippen molar-refractivity contribution in [2.45, 2.75) is 6.04 Å². The maximum absolute atomic E-state index is 12.8. The SMILES string of the molecule is COc1ccc(C(NC(=O)c2ccccc2Br)c2nccn2C)cc1. The van der Waals surface area contributed by atoms with Crippen LogP contribution in [0.3, 0.4) is 0 Å². The summed E-state index contributed by atoms with van der Waals surface area (Å²) >= 11 is 3.43. The number of hydrogen-bond donors (Lipinski definition) is 1. The predicted molar refractivity (Wildman–Crippen MR) is 99.7 cm³/mol. The van der Waals surface area contributed by atoms with Crippen molar-refractivity contribution in [3.8, 4) is 5.75 Å². The molecule has 25 heavy (non-hydrogen) atoms. The van der Waals surface area contributed by atoms with Gasteiger partial charge in [-0.1, -0.05) is 24.3 Å². The molecular formula is C19H18BrN3O2. The van der Waals surface area contributed by atoms with Gasteiger partial charge in [0.15, 0.2) is 0 Å². The van der Waals surface area contributed by atoms with Gasteiger partial charge >= 0.3 is 0 Å². The highest BCUT2D eigenvalue weighted by atomic mass is 79.9. The summed E-state index contributed by atoms with van der Waals surface area (Å²) in [6.07, 6.45) is 3.58. The first kappa shape index (κ1) is 17.2. The van der Waals surface area contributed by atoms with Gasteiger partial charge in [0.2, 0.25) is 0 Å². The van der Waals surface area contributed by atoms with E-state index in [1.54, 1.807) is 19.4 Å². The molecule has 3 rings (SSSR count). The summed E-state index contributed by atoms with van der Waals surface area (Å²) in [5.41, 5.74) is 1.51. The highest BCUT2D eigenvalue weighted by Gasteiger charge is 2.22. The molecule has 0 fully saturated rings. The average Bonchev–Trinajstić information content (AvgIpc) is 3.06. The number of benzene rings is 2. The molecule has 0 radical (unpaired) electrons. The minimum Gasteiger partial charge on any atom is -0.497 e. The van der Waals surface area contributed by atoms with Crippen molar-refractivity contribution < 1.29 is 9.53 Å². The fourth-order valence-electron chi connectivity index (χ4n) is 2.60. The number of aromatic nitrogens is 2. The van der Waals surface area contributed by atoms with E-state index in [9.17, 15) is 4.79 Å². The Hall–Kier alpha value is -2.60. The van der Waals surface area contributed by atoms with E-state index < -0.39 is 0 Å². The molecule has 1 heterocycles. The van der Waals surface area contributed by atoms with Crippen molar-refractivity contribution >= 4 is 21.8 Å². The average molecular weight is 400 g/mol. The number of aryl methyl sites for hydroxylation is 1. The number of nitrogens with one attached hydrogen (secondary N) is 1. The van der Waals surface area contributed by atoms with E-state index in [1.165, 1.54) is 0 Å². The summed E-state index contributed by atoms with van der Waals surface area (Å²) < 4.78 is 7.86. The Morgan fingerprint density at radius 3 is 2.52 bits per heavy atom. The number of amides is 1. The number of imidazole rings is 1. The van der Waals surface area contributed by atoms with Gasteiger partial charge in [-0.15, -0.1) is 0 Å². The van der Waals surface area contributed by atoms with Crippen molar-refractivity contribution in [1.29, 1.82) is 0 Å². The Balaban J connectivity index is 1.95. The monoisotopic (exact) mass is 399 g/mol. The fraction of sp³-hybridized carbons (Fsp3) is 0.158. The van der Waals surface area contributed by atoms with E-state index in [0.29, 0.717) is 5.56 Å². The molecule has 1 N–H and O–H groups in total. The van der Waals surface area contributed by atoms with Gasteiger partial charge in [0.05, 0.1) is 12.7 Å². The van der Waals surface area contributed by atoms with Crippen LogP contribution >= 0.6 is 15.9 Å². The first-order valence-electron chi connectivity index (χ1n) is 7.76. The quantitative estimate of drug-likeness (QED) is 0.711. The van der Waals surface area contributed by atoms with Gasteiger partial charge in [0, 0.05) is 23.9 Å². The maximum atomic E-state index is 12.8. The van der Waals surface area contributed by atoms with Gasteiger partial charge in [-0.05, 0) is 45.8 Å². The lowest BCUT2D eigenvalue weighted by Gasteiger charge is -2.20. The normalized spacial score (nSPS) is 11.8.